The minimum atomic E-state index is 0.769. The number of allylic oxidation sites excluding steroid dienone is 5. The molecule has 0 saturated heterocycles. The third kappa shape index (κ3) is 0.992. The van der Waals surface area contributed by atoms with E-state index in [0.29, 0.717) is 0 Å². The van der Waals surface area contributed by atoms with E-state index in [-0.39, 0.29) is 0 Å². The first-order chi connectivity index (χ1) is 4.38. The summed E-state index contributed by atoms with van der Waals surface area (Å²) >= 11 is 0. The van der Waals surface area contributed by atoms with E-state index in [9.17, 15) is 4.79 Å². The fraction of sp³-hybridized carbons (Fsp3) is 0.125. The van der Waals surface area contributed by atoms with Crippen LogP contribution in [0.4, 0.5) is 0 Å². The molecule has 0 fully saturated rings. The van der Waals surface area contributed by atoms with Gasteiger partial charge in [-0.25, -0.2) is 0 Å². The molecule has 0 N–H and O–H groups in total. The average molecular weight is 120 g/mol. The van der Waals surface area contributed by atoms with Gasteiger partial charge < -0.3 is 0 Å². The van der Waals surface area contributed by atoms with Crippen LogP contribution in [0, 0.1) is 0 Å². The number of carbonyl (C=O) groups is 1. The molecule has 0 aromatic heterocycles. The van der Waals surface area contributed by atoms with Gasteiger partial charge in [0.1, 0.15) is 6.29 Å². The topological polar surface area (TPSA) is 17.1 Å². The van der Waals surface area contributed by atoms with Crippen molar-refractivity contribution in [3.8, 4) is 0 Å². The summed E-state index contributed by atoms with van der Waals surface area (Å²) in [6.45, 7) is 3.58. The zero-order chi connectivity index (χ0) is 6.69. The maximum atomic E-state index is 10.2. The summed E-state index contributed by atoms with van der Waals surface area (Å²) < 4.78 is 0. The van der Waals surface area contributed by atoms with Crippen LogP contribution in [0.3, 0.4) is 0 Å². The van der Waals surface area contributed by atoms with Crippen LogP contribution >= 0.6 is 0 Å². The van der Waals surface area contributed by atoms with Crippen molar-refractivity contribution in [1.82, 2.24) is 0 Å². The Balaban J connectivity index is 2.91. The summed E-state index contributed by atoms with van der Waals surface area (Å²) in [6, 6.07) is 0. The van der Waals surface area contributed by atoms with Crippen molar-refractivity contribution >= 4 is 6.29 Å². The third-order valence-corrected chi connectivity index (χ3v) is 1.38. The monoisotopic (exact) mass is 120 g/mol. The van der Waals surface area contributed by atoms with Crippen LogP contribution in [0.5, 0.6) is 0 Å². The van der Waals surface area contributed by atoms with Gasteiger partial charge in [-0.2, -0.15) is 0 Å². The Bertz CT molecular complexity index is 197. The van der Waals surface area contributed by atoms with E-state index < -0.39 is 0 Å². The number of carbonyl (C=O) groups excluding carboxylic acids is 1. The van der Waals surface area contributed by atoms with Gasteiger partial charge in [0.05, 0.1) is 0 Å². The van der Waals surface area contributed by atoms with Crippen LogP contribution in [0.25, 0.3) is 0 Å². The fourth-order valence-electron chi connectivity index (χ4n) is 0.854. The molecule has 0 bridgehead atoms. The molecule has 0 radical (unpaired) electrons. The molecule has 9 heavy (non-hydrogen) atoms. The first kappa shape index (κ1) is 6.02. The second kappa shape index (κ2) is 2.44. The molecule has 0 unspecified atom stereocenters. The highest BCUT2D eigenvalue weighted by atomic mass is 16.1. The highest BCUT2D eigenvalue weighted by Crippen LogP contribution is 2.17. The zero-order valence-corrected chi connectivity index (χ0v) is 5.13. The Morgan fingerprint density at radius 1 is 1.67 bits per heavy atom. The zero-order valence-electron chi connectivity index (χ0n) is 5.13. The smallest absolute Gasteiger partial charge is 0.150 e. The average Bonchev–Trinajstić information content (AvgIpc) is 2.33. The van der Waals surface area contributed by atoms with Gasteiger partial charge in [0, 0.05) is 5.57 Å². The van der Waals surface area contributed by atoms with Crippen LogP contribution in [0.15, 0.2) is 36.0 Å². The number of aldehydes is 1. The second-order valence-electron chi connectivity index (χ2n) is 1.91. The van der Waals surface area contributed by atoms with Gasteiger partial charge in [0.2, 0.25) is 0 Å². The Kier molecular flexibility index (Phi) is 1.63. The van der Waals surface area contributed by atoms with E-state index in [0.717, 1.165) is 23.9 Å². The molecule has 0 amide bonds. The lowest BCUT2D eigenvalue weighted by Gasteiger charge is -1.89. The van der Waals surface area contributed by atoms with Crippen LogP contribution in [-0.4, -0.2) is 6.29 Å². The normalized spacial score (nSPS) is 16.4. The molecular weight excluding hydrogens is 112 g/mol. The minimum absolute atomic E-state index is 0.769. The van der Waals surface area contributed by atoms with Gasteiger partial charge in [-0.3, -0.25) is 4.79 Å². The quantitative estimate of drug-likeness (QED) is 0.506. The Morgan fingerprint density at radius 3 is 2.89 bits per heavy atom. The van der Waals surface area contributed by atoms with Gasteiger partial charge >= 0.3 is 0 Å². The first-order valence-corrected chi connectivity index (χ1v) is 2.86. The first-order valence-electron chi connectivity index (χ1n) is 2.86. The van der Waals surface area contributed by atoms with E-state index in [1.807, 2.05) is 12.2 Å². The summed E-state index contributed by atoms with van der Waals surface area (Å²) in [6.07, 6.45) is 7.23. The van der Waals surface area contributed by atoms with E-state index >= 15 is 0 Å². The maximum Gasteiger partial charge on any atom is 0.150 e. The van der Waals surface area contributed by atoms with Crippen LogP contribution in [0.2, 0.25) is 0 Å². The maximum absolute atomic E-state index is 10.2. The molecule has 0 aromatic carbocycles. The molecule has 0 heterocycles. The third-order valence-electron chi connectivity index (χ3n) is 1.38. The van der Waals surface area contributed by atoms with Crippen molar-refractivity contribution < 1.29 is 4.79 Å². The Morgan fingerprint density at radius 2 is 2.44 bits per heavy atom. The second-order valence-corrected chi connectivity index (χ2v) is 1.91. The van der Waals surface area contributed by atoms with Crippen LogP contribution < -0.4 is 0 Å². The summed E-state index contributed by atoms with van der Waals surface area (Å²) in [5, 5.41) is 0. The predicted octanol–water partition coefficient (Wildman–Crippen LogP) is 1.63. The molecule has 1 nitrogen and oxygen atoms in total. The SMILES string of the molecule is C=CC1=C(C=O)C=CC1. The van der Waals surface area contributed by atoms with Gasteiger partial charge in [-0.05, 0) is 12.0 Å². The molecule has 1 rings (SSSR count). The van der Waals surface area contributed by atoms with Crippen LogP contribution in [0.1, 0.15) is 6.42 Å². The van der Waals surface area contributed by atoms with Gasteiger partial charge in [-0.15, -0.1) is 0 Å². The molecule has 0 saturated carbocycles. The van der Waals surface area contributed by atoms with Gasteiger partial charge in [0.15, 0.2) is 0 Å². The molecule has 0 aliphatic heterocycles. The molecule has 0 spiro atoms. The lowest BCUT2D eigenvalue weighted by atomic mass is 10.2. The van der Waals surface area contributed by atoms with Crippen molar-refractivity contribution in [2.45, 2.75) is 6.42 Å². The molecule has 1 aliphatic rings. The van der Waals surface area contributed by atoms with E-state index in [4.69, 9.17) is 0 Å². The number of hydrogen-bond acceptors (Lipinski definition) is 1. The fourth-order valence-corrected chi connectivity index (χ4v) is 0.854. The summed E-state index contributed by atoms with van der Waals surface area (Å²) in [4.78, 5) is 10.2. The Labute approximate surface area is 54.4 Å². The molecule has 46 valence electrons. The lowest BCUT2D eigenvalue weighted by Crippen LogP contribution is -1.79. The summed E-state index contributed by atoms with van der Waals surface area (Å²) in [5.41, 5.74) is 1.80. The van der Waals surface area contributed by atoms with E-state index in [2.05, 4.69) is 6.58 Å². The lowest BCUT2D eigenvalue weighted by molar-refractivity contribution is -0.104. The highest BCUT2D eigenvalue weighted by Gasteiger charge is 2.02. The predicted molar refractivity (Wildman–Crippen MR) is 37.0 cm³/mol. The molecule has 0 atom stereocenters. The summed E-state index contributed by atoms with van der Waals surface area (Å²) in [5.74, 6) is 0. The Hall–Kier alpha value is -1.11. The van der Waals surface area contributed by atoms with Gasteiger partial charge in [0.25, 0.3) is 0 Å². The summed E-state index contributed by atoms with van der Waals surface area (Å²) in [7, 11) is 0. The van der Waals surface area contributed by atoms with Crippen molar-refractivity contribution in [2.75, 3.05) is 0 Å². The van der Waals surface area contributed by atoms with Crippen molar-refractivity contribution in [1.29, 1.82) is 0 Å². The van der Waals surface area contributed by atoms with Crippen LogP contribution in [-0.2, 0) is 4.79 Å². The minimum Gasteiger partial charge on any atom is -0.298 e. The van der Waals surface area contributed by atoms with Crippen molar-refractivity contribution in [3.63, 3.8) is 0 Å². The number of hydrogen-bond donors (Lipinski definition) is 0. The van der Waals surface area contributed by atoms with Crippen molar-refractivity contribution in [3.05, 3.63) is 36.0 Å². The molecular formula is C8H8O. The van der Waals surface area contributed by atoms with E-state index in [1.165, 1.54) is 0 Å². The molecule has 1 aliphatic carbocycles. The largest absolute Gasteiger partial charge is 0.298 e. The number of rotatable bonds is 2. The van der Waals surface area contributed by atoms with Crippen molar-refractivity contribution in [2.24, 2.45) is 0 Å². The molecule has 1 heteroatoms. The van der Waals surface area contributed by atoms with E-state index in [1.54, 1.807) is 6.08 Å². The standard InChI is InChI=1S/C8H8O/c1-2-7-4-3-5-8(7)6-9/h2-3,5-6H,1,4H2. The van der Waals surface area contributed by atoms with Gasteiger partial charge in [-0.1, -0.05) is 24.8 Å². The highest BCUT2D eigenvalue weighted by molar-refractivity contribution is 5.81. The molecule has 0 aromatic rings.